The number of benzene rings is 5. The number of amides is 4. The standard InChI is InChI=1S/C58H71FN4O12Si/c1-57(2,3)75-55(69)61-48(25-18-31-60-54(68)73-38-41-21-14-10-15-22-41)51(64)63(4)49(52(65)71-5)35-45-33-43(26-28-47(45)59)44-27-29-50(72-37-40-19-12-9-13-20-40)46(34-44)36-58(53(66)67,30-32-76(6,7)8)62-56(70)74-39-42-23-16-11-17-24-42/h9-17,19-24,26-29,33-34,48-49H,18,25,30-32,35-39H2,1-8H3,(H,60,68)(H,61,69)(H,62,70)(H,66,67)/t48-,49+,58-/m1/s1. The molecule has 3 atom stereocenters. The minimum Gasteiger partial charge on any atom is -0.489 e. The van der Waals surface area contributed by atoms with Crippen molar-refractivity contribution in [1.82, 2.24) is 20.9 Å². The van der Waals surface area contributed by atoms with E-state index >= 15 is 4.39 Å². The molecule has 0 unspecified atom stereocenters. The van der Waals surface area contributed by atoms with Crippen molar-refractivity contribution in [3.05, 3.63) is 161 Å². The lowest BCUT2D eigenvalue weighted by atomic mass is 9.86. The Balaban J connectivity index is 1.44. The molecule has 0 aliphatic rings. The first kappa shape index (κ1) is 59.1. The van der Waals surface area contributed by atoms with Crippen LogP contribution in [0.4, 0.5) is 18.8 Å². The first-order chi connectivity index (χ1) is 36.0. The lowest BCUT2D eigenvalue weighted by Gasteiger charge is -2.33. The SMILES string of the molecule is COC(=O)[C@H](Cc1cc(-c2ccc(OCc3ccccc3)c(C[C@@](CC[Si](C)(C)C)(NC(=O)OCc3ccccc3)C(=O)O)c2)ccc1F)N(C)C(=O)[C@@H](CCCNC(=O)OCc1ccccc1)NC(=O)OC(C)(C)C. The van der Waals surface area contributed by atoms with E-state index in [2.05, 4.69) is 35.6 Å². The quantitative estimate of drug-likeness (QED) is 0.0186. The number of carbonyl (C=O) groups is 6. The number of hydrogen-bond acceptors (Lipinski definition) is 11. The zero-order valence-corrected chi connectivity index (χ0v) is 45.6. The summed E-state index contributed by atoms with van der Waals surface area (Å²) in [5.74, 6) is -3.18. The third-order valence-electron chi connectivity index (χ3n) is 12.3. The molecule has 0 radical (unpaired) electrons. The van der Waals surface area contributed by atoms with Crippen molar-refractivity contribution in [3.8, 4) is 16.9 Å². The van der Waals surface area contributed by atoms with Gasteiger partial charge in [-0.1, -0.05) is 129 Å². The van der Waals surface area contributed by atoms with Crippen LogP contribution in [0.15, 0.2) is 127 Å². The van der Waals surface area contributed by atoms with Crippen molar-refractivity contribution in [3.63, 3.8) is 0 Å². The Hall–Kier alpha value is -7.73. The molecule has 0 spiro atoms. The summed E-state index contributed by atoms with van der Waals surface area (Å²) < 4.78 is 43.9. The Morgan fingerprint density at radius 3 is 1.79 bits per heavy atom. The number of methoxy groups -OCH3 is 1. The predicted molar refractivity (Wildman–Crippen MR) is 289 cm³/mol. The van der Waals surface area contributed by atoms with Crippen LogP contribution in [-0.4, -0.2) is 98.1 Å². The largest absolute Gasteiger partial charge is 0.489 e. The summed E-state index contributed by atoms with van der Waals surface area (Å²) in [5.41, 5.74) is 1.08. The predicted octanol–water partition coefficient (Wildman–Crippen LogP) is 10.2. The number of carbonyl (C=O) groups excluding carboxylic acids is 5. The number of rotatable bonds is 25. The lowest BCUT2D eigenvalue weighted by molar-refractivity contribution is -0.152. The van der Waals surface area contributed by atoms with Crippen LogP contribution in [0, 0.1) is 5.82 Å². The summed E-state index contributed by atoms with van der Waals surface area (Å²) in [6, 6.07) is 34.9. The summed E-state index contributed by atoms with van der Waals surface area (Å²) in [5, 5.41) is 19.1. The van der Waals surface area contributed by atoms with Gasteiger partial charge in [0.05, 0.1) is 7.11 Å². The Labute approximate surface area is 445 Å². The van der Waals surface area contributed by atoms with Gasteiger partial charge in [0.15, 0.2) is 0 Å². The fourth-order valence-electron chi connectivity index (χ4n) is 8.08. The number of esters is 1. The number of nitrogens with zero attached hydrogens (tertiary/aromatic N) is 1. The highest BCUT2D eigenvalue weighted by Crippen LogP contribution is 2.34. The zero-order valence-electron chi connectivity index (χ0n) is 44.6. The van der Waals surface area contributed by atoms with Gasteiger partial charge in [0, 0.05) is 34.5 Å². The average Bonchev–Trinajstić information content (AvgIpc) is 3.38. The van der Waals surface area contributed by atoms with Crippen LogP contribution in [0.5, 0.6) is 5.75 Å². The molecular formula is C58H71FN4O12Si. The van der Waals surface area contributed by atoms with E-state index in [0.29, 0.717) is 28.5 Å². The van der Waals surface area contributed by atoms with E-state index in [4.69, 9.17) is 23.7 Å². The molecule has 0 aliphatic carbocycles. The van der Waals surface area contributed by atoms with E-state index in [-0.39, 0.29) is 64.0 Å². The molecule has 76 heavy (non-hydrogen) atoms. The summed E-state index contributed by atoms with van der Waals surface area (Å²) in [6.07, 6.45) is -2.78. The van der Waals surface area contributed by atoms with Gasteiger partial charge in [-0.25, -0.2) is 28.4 Å². The average molecular weight is 1060 g/mol. The molecule has 18 heteroatoms. The fraction of sp³-hybridized carbons (Fsp3) is 0.379. The number of carboxylic acids is 1. The van der Waals surface area contributed by atoms with E-state index in [1.807, 2.05) is 66.7 Å². The normalized spacial score (nSPS) is 12.9. The molecule has 0 saturated heterocycles. The van der Waals surface area contributed by atoms with Crippen molar-refractivity contribution in [2.75, 3.05) is 20.7 Å². The van der Waals surface area contributed by atoms with Crippen LogP contribution in [0.3, 0.4) is 0 Å². The molecular weight excluding hydrogens is 992 g/mol. The number of aliphatic carboxylic acids is 1. The summed E-state index contributed by atoms with van der Waals surface area (Å²) in [4.78, 5) is 81.8. The monoisotopic (exact) mass is 1060 g/mol. The Morgan fingerprint density at radius 2 is 1.25 bits per heavy atom. The highest BCUT2D eigenvalue weighted by atomic mass is 28.3. The fourth-order valence-corrected chi connectivity index (χ4v) is 9.26. The van der Waals surface area contributed by atoms with Gasteiger partial charge in [-0.2, -0.15) is 0 Å². The topological polar surface area (TPSA) is 208 Å². The molecule has 0 fully saturated rings. The van der Waals surface area contributed by atoms with Gasteiger partial charge in [-0.15, -0.1) is 0 Å². The van der Waals surface area contributed by atoms with E-state index in [1.54, 1.807) is 63.2 Å². The van der Waals surface area contributed by atoms with Crippen LogP contribution < -0.4 is 20.7 Å². The van der Waals surface area contributed by atoms with Crippen molar-refractivity contribution >= 4 is 44.2 Å². The Kier molecular flexibility index (Phi) is 21.6. The number of ether oxygens (including phenoxy) is 5. The van der Waals surface area contributed by atoms with Crippen molar-refractivity contribution in [2.24, 2.45) is 0 Å². The molecule has 0 aromatic heterocycles. The third-order valence-corrected chi connectivity index (χ3v) is 14.0. The van der Waals surface area contributed by atoms with Crippen LogP contribution in [0.1, 0.15) is 67.9 Å². The van der Waals surface area contributed by atoms with E-state index < -0.39 is 73.2 Å². The van der Waals surface area contributed by atoms with Crippen LogP contribution in [-0.2, 0) is 66.0 Å². The smallest absolute Gasteiger partial charge is 0.408 e. The lowest BCUT2D eigenvalue weighted by Crippen LogP contribution is -2.57. The first-order valence-corrected chi connectivity index (χ1v) is 28.8. The molecule has 5 aromatic carbocycles. The van der Waals surface area contributed by atoms with Crippen LogP contribution >= 0.6 is 0 Å². The minimum atomic E-state index is -1.91. The highest BCUT2D eigenvalue weighted by Gasteiger charge is 2.43. The van der Waals surface area contributed by atoms with Crippen molar-refractivity contribution in [2.45, 2.75) is 122 Å². The molecule has 5 aromatic rings. The molecule has 0 bridgehead atoms. The second-order valence-corrected chi connectivity index (χ2v) is 26.4. The maximum Gasteiger partial charge on any atom is 0.408 e. The number of carboxylic acid groups (broad SMARTS) is 1. The van der Waals surface area contributed by atoms with Crippen molar-refractivity contribution in [1.29, 1.82) is 0 Å². The molecule has 0 aliphatic heterocycles. The number of halogens is 1. The number of likely N-dealkylation sites (N-methyl/N-ethyl adjacent to an activating group) is 1. The summed E-state index contributed by atoms with van der Waals surface area (Å²) in [6.45, 7) is 11.5. The second kappa shape index (κ2) is 27.7. The number of nitrogens with one attached hydrogen (secondary N) is 3. The molecule has 4 N–H and O–H groups in total. The molecule has 406 valence electrons. The molecule has 4 amide bonds. The highest BCUT2D eigenvalue weighted by molar-refractivity contribution is 6.76. The first-order valence-electron chi connectivity index (χ1n) is 25.1. The van der Waals surface area contributed by atoms with Crippen molar-refractivity contribution < 1.29 is 61.9 Å². The minimum absolute atomic E-state index is 0.00177. The summed E-state index contributed by atoms with van der Waals surface area (Å²) in [7, 11) is 0.576. The second-order valence-electron chi connectivity index (χ2n) is 20.7. The maximum absolute atomic E-state index is 16.1. The third kappa shape index (κ3) is 18.9. The van der Waals surface area contributed by atoms with Gasteiger partial charge in [-0.3, -0.25) is 4.79 Å². The molecule has 16 nitrogen and oxygen atoms in total. The van der Waals surface area contributed by atoms with Crippen LogP contribution in [0.25, 0.3) is 11.1 Å². The Bertz CT molecular complexity index is 2740. The zero-order chi connectivity index (χ0) is 55.5. The number of alkyl carbamates (subject to hydrolysis) is 3. The van der Waals surface area contributed by atoms with Gasteiger partial charge in [-0.05, 0) is 103 Å². The molecule has 0 saturated carbocycles. The van der Waals surface area contributed by atoms with Gasteiger partial charge in [0.25, 0.3) is 0 Å². The van der Waals surface area contributed by atoms with Gasteiger partial charge >= 0.3 is 30.2 Å². The van der Waals surface area contributed by atoms with E-state index in [9.17, 15) is 33.9 Å². The van der Waals surface area contributed by atoms with Gasteiger partial charge in [0.1, 0.15) is 54.6 Å². The maximum atomic E-state index is 16.1. The Morgan fingerprint density at radius 1 is 0.711 bits per heavy atom. The number of hydrogen-bond donors (Lipinski definition) is 4. The van der Waals surface area contributed by atoms with E-state index in [0.717, 1.165) is 28.7 Å². The summed E-state index contributed by atoms with van der Waals surface area (Å²) >= 11 is 0. The van der Waals surface area contributed by atoms with Gasteiger partial charge < -0.3 is 49.6 Å². The molecule has 5 rings (SSSR count). The van der Waals surface area contributed by atoms with E-state index in [1.165, 1.54) is 25.2 Å². The molecule has 0 heterocycles. The van der Waals surface area contributed by atoms with Gasteiger partial charge in [0.2, 0.25) is 5.91 Å². The van der Waals surface area contributed by atoms with Crippen LogP contribution in [0.2, 0.25) is 25.7 Å².